The molecule has 1 aliphatic rings. The lowest BCUT2D eigenvalue weighted by atomic mass is 10.0. The molecule has 1 aromatic carbocycles. The predicted octanol–water partition coefficient (Wildman–Crippen LogP) is 2.81. The molecule has 0 bridgehead atoms. The van der Waals surface area contributed by atoms with Gasteiger partial charge in [0, 0.05) is 35.9 Å². The molecule has 0 atom stereocenters. The standard InChI is InChI=1S/C15H13N5O3S/c1-9(21)8-24-15-7-14(18-19-15)11-4-10(13-2-3-16-17-13)5-12(6-11)20(22)23/h2-6H,7-8H2,1H3,(H,16,17). The summed E-state index contributed by atoms with van der Waals surface area (Å²) in [6.07, 6.45) is 2.04. The summed E-state index contributed by atoms with van der Waals surface area (Å²) in [4.78, 5) is 21.8. The number of H-pyrrole nitrogens is 1. The number of benzene rings is 1. The van der Waals surface area contributed by atoms with Gasteiger partial charge < -0.3 is 0 Å². The number of aromatic amines is 1. The van der Waals surface area contributed by atoms with Gasteiger partial charge in [-0.1, -0.05) is 0 Å². The molecule has 0 spiro atoms. The maximum Gasteiger partial charge on any atom is 0.270 e. The average Bonchev–Trinajstić information content (AvgIpc) is 3.24. The number of rotatable bonds is 5. The second-order valence-corrected chi connectivity index (χ2v) is 6.25. The van der Waals surface area contributed by atoms with Gasteiger partial charge in [-0.25, -0.2) is 0 Å². The Morgan fingerprint density at radius 2 is 2.12 bits per heavy atom. The van der Waals surface area contributed by atoms with Crippen molar-refractivity contribution in [3.63, 3.8) is 0 Å². The van der Waals surface area contributed by atoms with Crippen LogP contribution in [0.3, 0.4) is 0 Å². The maximum absolute atomic E-state index is 11.2. The number of nitrogens with one attached hydrogen (secondary N) is 1. The summed E-state index contributed by atoms with van der Waals surface area (Å²) in [5, 5.41) is 26.8. The number of carbonyl (C=O) groups excluding carboxylic acids is 1. The van der Waals surface area contributed by atoms with Crippen molar-refractivity contribution in [2.75, 3.05) is 5.75 Å². The van der Waals surface area contributed by atoms with Gasteiger partial charge in [-0.15, -0.1) is 16.9 Å². The Labute approximate surface area is 141 Å². The van der Waals surface area contributed by atoms with Crippen LogP contribution < -0.4 is 0 Å². The number of hydrogen-bond acceptors (Lipinski definition) is 7. The van der Waals surface area contributed by atoms with Crippen LogP contribution in [-0.2, 0) is 4.79 Å². The van der Waals surface area contributed by atoms with E-state index in [9.17, 15) is 14.9 Å². The first-order valence-corrected chi connectivity index (χ1v) is 8.07. The number of hydrogen-bond donors (Lipinski definition) is 1. The SMILES string of the molecule is CC(=O)CSC1=NN=C(c2cc(-c3ccn[nH]3)cc([N+](=O)[O-])c2)C1. The fourth-order valence-electron chi connectivity index (χ4n) is 2.21. The first kappa shape index (κ1) is 16.1. The molecule has 2 heterocycles. The van der Waals surface area contributed by atoms with Gasteiger partial charge in [0.15, 0.2) is 0 Å². The van der Waals surface area contributed by atoms with E-state index in [2.05, 4.69) is 20.4 Å². The summed E-state index contributed by atoms with van der Waals surface area (Å²) >= 11 is 1.34. The molecule has 8 nitrogen and oxygen atoms in total. The Morgan fingerprint density at radius 1 is 1.33 bits per heavy atom. The van der Waals surface area contributed by atoms with Crippen molar-refractivity contribution in [2.24, 2.45) is 10.2 Å². The molecule has 24 heavy (non-hydrogen) atoms. The first-order valence-electron chi connectivity index (χ1n) is 7.08. The molecular weight excluding hydrogens is 330 g/mol. The van der Waals surface area contributed by atoms with Crippen LogP contribution in [0.5, 0.6) is 0 Å². The van der Waals surface area contributed by atoms with Crippen molar-refractivity contribution < 1.29 is 9.72 Å². The van der Waals surface area contributed by atoms with E-state index in [-0.39, 0.29) is 11.5 Å². The van der Waals surface area contributed by atoms with Gasteiger partial charge in [0.2, 0.25) is 0 Å². The normalized spacial score (nSPS) is 13.5. The second kappa shape index (κ2) is 6.75. The minimum atomic E-state index is -0.439. The van der Waals surface area contributed by atoms with E-state index < -0.39 is 4.92 Å². The quantitative estimate of drug-likeness (QED) is 0.662. The third-order valence-corrected chi connectivity index (χ3v) is 4.43. The number of nitro benzene ring substituents is 1. The summed E-state index contributed by atoms with van der Waals surface area (Å²) in [6, 6.07) is 6.52. The molecule has 9 heteroatoms. The van der Waals surface area contributed by atoms with Gasteiger partial charge in [0.25, 0.3) is 5.69 Å². The number of carbonyl (C=O) groups is 1. The highest BCUT2D eigenvalue weighted by Crippen LogP contribution is 2.27. The Kier molecular flexibility index (Phi) is 4.52. The van der Waals surface area contributed by atoms with Gasteiger partial charge in [-0.05, 0) is 19.1 Å². The monoisotopic (exact) mass is 343 g/mol. The zero-order valence-electron chi connectivity index (χ0n) is 12.7. The number of nitro groups is 1. The van der Waals surface area contributed by atoms with Crippen LogP contribution in [-0.4, -0.2) is 37.4 Å². The van der Waals surface area contributed by atoms with Crippen molar-refractivity contribution in [2.45, 2.75) is 13.3 Å². The van der Waals surface area contributed by atoms with Crippen LogP contribution >= 0.6 is 11.8 Å². The fraction of sp³-hybridized carbons (Fsp3) is 0.200. The lowest BCUT2D eigenvalue weighted by molar-refractivity contribution is -0.384. The van der Waals surface area contributed by atoms with E-state index in [1.807, 2.05) is 6.07 Å². The molecule has 0 saturated heterocycles. The molecule has 2 aromatic rings. The van der Waals surface area contributed by atoms with E-state index in [1.165, 1.54) is 30.8 Å². The van der Waals surface area contributed by atoms with Crippen molar-refractivity contribution >= 4 is 34.0 Å². The minimum Gasteiger partial charge on any atom is -0.299 e. The van der Waals surface area contributed by atoms with E-state index in [1.54, 1.807) is 12.3 Å². The molecule has 0 unspecified atom stereocenters. The summed E-state index contributed by atoms with van der Waals surface area (Å²) in [5.74, 6) is 0.406. The number of non-ortho nitro benzene ring substituents is 1. The summed E-state index contributed by atoms with van der Waals surface area (Å²) in [7, 11) is 0. The number of ketones is 1. The van der Waals surface area contributed by atoms with Gasteiger partial charge in [-0.2, -0.15) is 10.2 Å². The smallest absolute Gasteiger partial charge is 0.270 e. The van der Waals surface area contributed by atoms with Crippen molar-refractivity contribution in [1.82, 2.24) is 10.2 Å². The fourth-order valence-corrected chi connectivity index (χ4v) is 2.92. The average molecular weight is 343 g/mol. The molecule has 1 aromatic heterocycles. The molecule has 0 aliphatic carbocycles. The molecule has 0 radical (unpaired) electrons. The van der Waals surface area contributed by atoms with Crippen LogP contribution in [0, 0.1) is 10.1 Å². The Morgan fingerprint density at radius 3 is 2.79 bits per heavy atom. The highest BCUT2D eigenvalue weighted by Gasteiger charge is 2.19. The highest BCUT2D eigenvalue weighted by molar-refractivity contribution is 8.14. The molecule has 0 amide bonds. The van der Waals surface area contributed by atoms with Crippen LogP contribution in [0.15, 0.2) is 40.7 Å². The van der Waals surface area contributed by atoms with E-state index in [0.717, 1.165) is 5.04 Å². The van der Waals surface area contributed by atoms with Gasteiger partial charge >= 0.3 is 0 Å². The number of aromatic nitrogens is 2. The molecule has 122 valence electrons. The van der Waals surface area contributed by atoms with Crippen molar-refractivity contribution in [3.8, 4) is 11.3 Å². The van der Waals surface area contributed by atoms with E-state index >= 15 is 0 Å². The lowest BCUT2D eigenvalue weighted by Crippen LogP contribution is -2.05. The Balaban J connectivity index is 1.86. The first-order chi connectivity index (χ1) is 11.5. The molecule has 0 fully saturated rings. The maximum atomic E-state index is 11.2. The van der Waals surface area contributed by atoms with Crippen LogP contribution in [0.1, 0.15) is 18.9 Å². The van der Waals surface area contributed by atoms with Crippen LogP contribution in [0.4, 0.5) is 5.69 Å². The third-order valence-electron chi connectivity index (χ3n) is 3.32. The number of Topliss-reactive ketones (excluding diaryl/α,β-unsaturated/α-hetero) is 1. The minimum absolute atomic E-state index is 0.0235. The lowest BCUT2D eigenvalue weighted by Gasteiger charge is -2.05. The highest BCUT2D eigenvalue weighted by atomic mass is 32.2. The Hall–Kier alpha value is -2.81. The second-order valence-electron chi connectivity index (χ2n) is 5.20. The Bertz CT molecular complexity index is 858. The zero-order valence-corrected chi connectivity index (χ0v) is 13.5. The molecule has 1 N–H and O–H groups in total. The molecular formula is C15H13N5O3S. The van der Waals surface area contributed by atoms with Crippen LogP contribution in [0.2, 0.25) is 0 Å². The molecule has 3 rings (SSSR count). The van der Waals surface area contributed by atoms with E-state index in [4.69, 9.17) is 0 Å². The van der Waals surface area contributed by atoms with Gasteiger partial charge in [0.05, 0.1) is 22.1 Å². The summed E-state index contributed by atoms with van der Waals surface area (Å²) in [6.45, 7) is 1.52. The van der Waals surface area contributed by atoms with Crippen molar-refractivity contribution in [3.05, 3.63) is 46.1 Å². The largest absolute Gasteiger partial charge is 0.299 e. The molecule has 0 saturated carbocycles. The number of thioether (sulfide) groups is 1. The number of nitrogens with zero attached hydrogens (tertiary/aromatic N) is 4. The third kappa shape index (κ3) is 3.57. The predicted molar refractivity (Wildman–Crippen MR) is 92.4 cm³/mol. The topological polar surface area (TPSA) is 114 Å². The molecule has 1 aliphatic heterocycles. The van der Waals surface area contributed by atoms with E-state index in [0.29, 0.717) is 34.7 Å². The summed E-state index contributed by atoms with van der Waals surface area (Å²) in [5.41, 5.74) is 2.60. The zero-order chi connectivity index (χ0) is 17.1. The van der Waals surface area contributed by atoms with Gasteiger partial charge in [-0.3, -0.25) is 20.0 Å². The van der Waals surface area contributed by atoms with Crippen molar-refractivity contribution in [1.29, 1.82) is 0 Å². The van der Waals surface area contributed by atoms with Gasteiger partial charge in [0.1, 0.15) is 10.8 Å². The summed E-state index contributed by atoms with van der Waals surface area (Å²) < 4.78 is 0. The van der Waals surface area contributed by atoms with Crippen LogP contribution in [0.25, 0.3) is 11.3 Å².